The summed E-state index contributed by atoms with van der Waals surface area (Å²) >= 11 is 0. The minimum Gasteiger partial charge on any atom is -0.370 e. The summed E-state index contributed by atoms with van der Waals surface area (Å²) < 4.78 is 41.5. The molecule has 0 aliphatic carbocycles. The number of hydrogen-bond donors (Lipinski definition) is 1. The van der Waals surface area contributed by atoms with E-state index in [-0.39, 0.29) is 6.61 Å². The van der Waals surface area contributed by atoms with Gasteiger partial charge in [-0.1, -0.05) is 6.92 Å². The molecular formula is C11H18F3N3O. The molecule has 0 unspecified atom stereocenters. The van der Waals surface area contributed by atoms with Gasteiger partial charge in [-0.2, -0.15) is 18.3 Å². The van der Waals surface area contributed by atoms with Crippen molar-refractivity contribution in [2.24, 2.45) is 0 Å². The van der Waals surface area contributed by atoms with E-state index >= 15 is 0 Å². The maximum atomic E-state index is 11.8. The van der Waals surface area contributed by atoms with Crippen molar-refractivity contribution in [1.82, 2.24) is 15.1 Å². The maximum Gasteiger partial charge on any atom is 0.411 e. The summed E-state index contributed by atoms with van der Waals surface area (Å²) in [6.07, 6.45) is -1.48. The molecule has 0 saturated heterocycles. The lowest BCUT2D eigenvalue weighted by atomic mass is 10.4. The van der Waals surface area contributed by atoms with E-state index in [1.54, 1.807) is 10.9 Å². The molecular weight excluding hydrogens is 247 g/mol. The number of nitrogens with one attached hydrogen (secondary N) is 1. The zero-order valence-corrected chi connectivity index (χ0v) is 10.3. The fourth-order valence-electron chi connectivity index (χ4n) is 1.36. The quantitative estimate of drug-likeness (QED) is 0.730. The highest BCUT2D eigenvalue weighted by molar-refractivity contribution is 4.98. The first kappa shape index (κ1) is 15.0. The van der Waals surface area contributed by atoms with Gasteiger partial charge in [-0.25, -0.2) is 0 Å². The Labute approximate surface area is 104 Å². The number of nitrogens with zero attached hydrogens (tertiary/aromatic N) is 2. The highest BCUT2D eigenvalue weighted by Gasteiger charge is 2.27. The van der Waals surface area contributed by atoms with Crippen LogP contribution in [-0.4, -0.2) is 35.7 Å². The summed E-state index contributed by atoms with van der Waals surface area (Å²) in [6, 6.07) is 1.84. The van der Waals surface area contributed by atoms with Crippen molar-refractivity contribution in [3.8, 4) is 0 Å². The Morgan fingerprint density at radius 3 is 2.89 bits per heavy atom. The van der Waals surface area contributed by atoms with Gasteiger partial charge in [0.05, 0.1) is 18.8 Å². The molecule has 0 atom stereocenters. The summed E-state index contributed by atoms with van der Waals surface area (Å²) in [5, 5.41) is 7.40. The Morgan fingerprint density at radius 2 is 2.22 bits per heavy atom. The van der Waals surface area contributed by atoms with Crippen LogP contribution in [0.1, 0.15) is 19.0 Å². The fourth-order valence-corrected chi connectivity index (χ4v) is 1.36. The second-order valence-electron chi connectivity index (χ2n) is 3.91. The van der Waals surface area contributed by atoms with Crippen LogP contribution in [0.2, 0.25) is 0 Å². The van der Waals surface area contributed by atoms with Crippen molar-refractivity contribution in [2.75, 3.05) is 19.8 Å². The first-order valence-electron chi connectivity index (χ1n) is 5.89. The third-order valence-corrected chi connectivity index (χ3v) is 2.16. The molecule has 0 aromatic carbocycles. The number of hydrogen-bond acceptors (Lipinski definition) is 3. The molecule has 0 bridgehead atoms. The summed E-state index contributed by atoms with van der Waals surface area (Å²) in [5.74, 6) is 0. The lowest BCUT2D eigenvalue weighted by Crippen LogP contribution is -2.19. The van der Waals surface area contributed by atoms with Gasteiger partial charge in [-0.15, -0.1) is 0 Å². The summed E-state index contributed by atoms with van der Waals surface area (Å²) in [6.45, 7) is 2.78. The van der Waals surface area contributed by atoms with Gasteiger partial charge in [-0.05, 0) is 19.0 Å². The number of aromatic nitrogens is 2. The molecule has 0 spiro atoms. The maximum absolute atomic E-state index is 11.8. The average molecular weight is 265 g/mol. The van der Waals surface area contributed by atoms with Crippen LogP contribution in [0.3, 0.4) is 0 Å². The zero-order valence-electron chi connectivity index (χ0n) is 10.3. The largest absolute Gasteiger partial charge is 0.411 e. The van der Waals surface area contributed by atoms with Crippen LogP contribution in [0, 0.1) is 0 Å². The van der Waals surface area contributed by atoms with Gasteiger partial charge in [0.1, 0.15) is 6.61 Å². The van der Waals surface area contributed by atoms with Gasteiger partial charge in [0.2, 0.25) is 0 Å². The zero-order chi connectivity index (χ0) is 13.4. The summed E-state index contributed by atoms with van der Waals surface area (Å²) in [5.41, 5.74) is 0.874. The predicted octanol–water partition coefficient (Wildman–Crippen LogP) is 1.96. The Bertz CT molecular complexity index is 339. The summed E-state index contributed by atoms with van der Waals surface area (Å²) in [7, 11) is 0. The highest BCUT2D eigenvalue weighted by Crippen LogP contribution is 2.14. The van der Waals surface area contributed by atoms with E-state index in [4.69, 9.17) is 0 Å². The highest BCUT2D eigenvalue weighted by atomic mass is 19.4. The Balaban J connectivity index is 2.19. The van der Waals surface area contributed by atoms with E-state index in [9.17, 15) is 13.2 Å². The van der Waals surface area contributed by atoms with Gasteiger partial charge in [-0.3, -0.25) is 4.68 Å². The van der Waals surface area contributed by atoms with Gasteiger partial charge < -0.3 is 10.1 Å². The third-order valence-electron chi connectivity index (χ3n) is 2.16. The average Bonchev–Trinajstić information content (AvgIpc) is 2.72. The third kappa shape index (κ3) is 6.61. The first-order valence-corrected chi connectivity index (χ1v) is 5.89. The molecule has 1 rings (SSSR count). The molecule has 1 aromatic rings. The second-order valence-corrected chi connectivity index (χ2v) is 3.91. The van der Waals surface area contributed by atoms with Crippen molar-refractivity contribution in [1.29, 1.82) is 0 Å². The molecule has 0 amide bonds. The number of halogens is 3. The lowest BCUT2D eigenvalue weighted by molar-refractivity contribution is -0.174. The fraction of sp³-hybridized carbons (Fsp3) is 0.727. The topological polar surface area (TPSA) is 39.1 Å². The molecule has 4 nitrogen and oxygen atoms in total. The van der Waals surface area contributed by atoms with Crippen LogP contribution in [0.4, 0.5) is 13.2 Å². The molecule has 104 valence electrons. The van der Waals surface area contributed by atoms with E-state index < -0.39 is 12.8 Å². The summed E-state index contributed by atoms with van der Waals surface area (Å²) in [4.78, 5) is 0. The molecule has 1 N–H and O–H groups in total. The van der Waals surface area contributed by atoms with E-state index in [0.29, 0.717) is 13.1 Å². The van der Waals surface area contributed by atoms with Crippen LogP contribution in [0.25, 0.3) is 0 Å². The number of alkyl halides is 3. The van der Waals surface area contributed by atoms with Crippen molar-refractivity contribution < 1.29 is 17.9 Å². The monoisotopic (exact) mass is 265 g/mol. The van der Waals surface area contributed by atoms with E-state index in [1.807, 2.05) is 6.07 Å². The minimum absolute atomic E-state index is 0.00299. The predicted molar refractivity (Wildman–Crippen MR) is 61.1 cm³/mol. The molecule has 0 fully saturated rings. The van der Waals surface area contributed by atoms with Crippen molar-refractivity contribution >= 4 is 0 Å². The van der Waals surface area contributed by atoms with Gasteiger partial charge in [0.15, 0.2) is 0 Å². The molecule has 1 heterocycles. The first-order chi connectivity index (χ1) is 8.51. The van der Waals surface area contributed by atoms with Gasteiger partial charge >= 0.3 is 6.18 Å². The normalized spacial score (nSPS) is 12.0. The van der Waals surface area contributed by atoms with E-state index in [2.05, 4.69) is 22.1 Å². The molecule has 0 saturated carbocycles. The van der Waals surface area contributed by atoms with Crippen molar-refractivity contribution in [3.63, 3.8) is 0 Å². The standard InChI is InChI=1S/C11H18F3N3O/c1-2-4-15-8-10-3-5-17(16-10)6-7-18-9-11(12,13)14/h3,5,15H,2,4,6-9H2,1H3. The van der Waals surface area contributed by atoms with Crippen LogP contribution in [-0.2, 0) is 17.8 Å². The Hall–Kier alpha value is -1.08. The van der Waals surface area contributed by atoms with Crippen LogP contribution >= 0.6 is 0 Å². The Morgan fingerprint density at radius 1 is 1.44 bits per heavy atom. The van der Waals surface area contributed by atoms with Crippen LogP contribution in [0.5, 0.6) is 0 Å². The smallest absolute Gasteiger partial charge is 0.370 e. The van der Waals surface area contributed by atoms with Gasteiger partial charge in [0.25, 0.3) is 0 Å². The van der Waals surface area contributed by atoms with Crippen LogP contribution in [0.15, 0.2) is 12.3 Å². The Kier molecular flexibility index (Phi) is 6.14. The molecule has 0 radical (unpaired) electrons. The lowest BCUT2D eigenvalue weighted by Gasteiger charge is -2.07. The minimum atomic E-state index is -4.26. The van der Waals surface area contributed by atoms with Crippen molar-refractivity contribution in [3.05, 3.63) is 18.0 Å². The second kappa shape index (κ2) is 7.38. The molecule has 18 heavy (non-hydrogen) atoms. The van der Waals surface area contributed by atoms with Crippen LogP contribution < -0.4 is 5.32 Å². The molecule has 7 heteroatoms. The van der Waals surface area contributed by atoms with Crippen molar-refractivity contribution in [2.45, 2.75) is 32.6 Å². The molecule has 0 aliphatic heterocycles. The number of rotatable bonds is 8. The molecule has 0 aliphatic rings. The van der Waals surface area contributed by atoms with Gasteiger partial charge in [0, 0.05) is 12.7 Å². The SMILES string of the molecule is CCCNCc1ccn(CCOCC(F)(F)F)n1. The van der Waals surface area contributed by atoms with E-state index in [0.717, 1.165) is 18.7 Å². The van der Waals surface area contributed by atoms with E-state index in [1.165, 1.54) is 0 Å². The number of ether oxygens (including phenoxy) is 1. The molecule has 1 aromatic heterocycles.